The van der Waals surface area contributed by atoms with Crippen molar-refractivity contribution >= 4 is 46.2 Å². The summed E-state index contributed by atoms with van der Waals surface area (Å²) in [5.74, 6) is -0.746. The highest BCUT2D eigenvalue weighted by Gasteiger charge is 2.37. The molecule has 41 heavy (non-hydrogen) atoms. The summed E-state index contributed by atoms with van der Waals surface area (Å²) in [6.45, 7) is 4.26. The summed E-state index contributed by atoms with van der Waals surface area (Å²) >= 11 is 2.79. The maximum atomic E-state index is 14.3. The van der Waals surface area contributed by atoms with Gasteiger partial charge in [-0.15, -0.1) is 11.8 Å². The predicted molar refractivity (Wildman–Crippen MR) is 162 cm³/mol. The predicted octanol–water partition coefficient (Wildman–Crippen LogP) is 4.44. The third-order valence-electron chi connectivity index (χ3n) is 7.33. The van der Waals surface area contributed by atoms with Crippen LogP contribution in [-0.2, 0) is 20.9 Å². The first-order valence-corrected chi connectivity index (χ1v) is 15.3. The van der Waals surface area contributed by atoms with Crippen molar-refractivity contribution in [2.75, 3.05) is 17.7 Å². The van der Waals surface area contributed by atoms with Gasteiger partial charge in [0.15, 0.2) is 4.80 Å². The molecular weight excluding hydrogens is 555 g/mol. The number of thioether (sulfide) groups is 1. The number of allylic oxidation sites excluding steroid dienone is 1. The first kappa shape index (κ1) is 27.0. The molecule has 9 heteroatoms. The van der Waals surface area contributed by atoms with E-state index >= 15 is 0 Å². The first-order chi connectivity index (χ1) is 19.9. The third kappa shape index (κ3) is 4.65. The van der Waals surface area contributed by atoms with Gasteiger partial charge in [0.25, 0.3) is 11.5 Å². The highest BCUT2D eigenvalue weighted by molar-refractivity contribution is 7.98. The second-order valence-electron chi connectivity index (χ2n) is 9.68. The molecule has 3 heterocycles. The minimum atomic E-state index is -0.756. The minimum absolute atomic E-state index is 0.0985. The SMILES string of the molecule is CCN1C(=O)C(=c2sc3n(c2=O)C(c2ccc(SC)cc2)C(C(=O)OCc2ccccc2)=C(C)N=3)c2ccccc21. The maximum Gasteiger partial charge on any atom is 0.338 e. The Hall–Kier alpha value is -4.21. The lowest BCUT2D eigenvalue weighted by molar-refractivity contribution is -0.140. The summed E-state index contributed by atoms with van der Waals surface area (Å²) in [6, 6.07) is 24.0. The van der Waals surface area contributed by atoms with Crippen molar-refractivity contribution in [1.29, 1.82) is 0 Å². The summed E-state index contributed by atoms with van der Waals surface area (Å²) in [4.78, 5) is 49.4. The fourth-order valence-corrected chi connectivity index (χ4v) is 6.89. The van der Waals surface area contributed by atoms with Gasteiger partial charge in [0, 0.05) is 17.0 Å². The number of rotatable bonds is 6. The van der Waals surface area contributed by atoms with Crippen LogP contribution in [0.2, 0.25) is 0 Å². The number of esters is 1. The van der Waals surface area contributed by atoms with Crippen LogP contribution in [0.4, 0.5) is 5.69 Å². The number of aromatic nitrogens is 1. The first-order valence-electron chi connectivity index (χ1n) is 13.2. The van der Waals surface area contributed by atoms with Gasteiger partial charge >= 0.3 is 5.97 Å². The molecule has 0 saturated carbocycles. The van der Waals surface area contributed by atoms with Gasteiger partial charge in [-0.2, -0.15) is 0 Å². The number of carbonyl (C=O) groups is 2. The highest BCUT2D eigenvalue weighted by Crippen LogP contribution is 2.35. The zero-order chi connectivity index (χ0) is 28.7. The molecule has 4 aromatic rings. The van der Waals surface area contributed by atoms with Crippen LogP contribution in [0.15, 0.2) is 105 Å². The van der Waals surface area contributed by atoms with Crippen LogP contribution in [0, 0.1) is 0 Å². The van der Waals surface area contributed by atoms with Gasteiger partial charge in [-0.05, 0) is 49.4 Å². The summed E-state index contributed by atoms with van der Waals surface area (Å²) in [6.07, 6.45) is 1.99. The molecule has 0 aliphatic carbocycles. The van der Waals surface area contributed by atoms with Gasteiger partial charge in [-0.25, -0.2) is 9.79 Å². The third-order valence-corrected chi connectivity index (χ3v) is 9.12. The number of hydrogen-bond donors (Lipinski definition) is 0. The summed E-state index contributed by atoms with van der Waals surface area (Å²) in [7, 11) is 0. The Labute approximate surface area is 245 Å². The molecule has 0 fully saturated rings. The quantitative estimate of drug-likeness (QED) is 0.249. The number of thiazole rings is 1. The normalized spacial score (nSPS) is 17.3. The molecule has 206 valence electrons. The second-order valence-corrected chi connectivity index (χ2v) is 11.5. The lowest BCUT2D eigenvalue weighted by Crippen LogP contribution is -2.41. The van der Waals surface area contributed by atoms with E-state index in [0.29, 0.717) is 32.7 Å². The van der Waals surface area contributed by atoms with E-state index in [4.69, 9.17) is 9.73 Å². The van der Waals surface area contributed by atoms with Crippen LogP contribution < -0.4 is 19.8 Å². The van der Waals surface area contributed by atoms with Crippen LogP contribution in [-0.4, -0.2) is 29.2 Å². The van der Waals surface area contributed by atoms with Crippen molar-refractivity contribution in [3.63, 3.8) is 0 Å². The highest BCUT2D eigenvalue weighted by atomic mass is 32.2. The van der Waals surface area contributed by atoms with E-state index in [1.807, 2.05) is 92.0 Å². The van der Waals surface area contributed by atoms with E-state index in [2.05, 4.69) is 0 Å². The molecule has 0 radical (unpaired) electrons. The van der Waals surface area contributed by atoms with E-state index in [-0.39, 0.29) is 18.1 Å². The number of benzene rings is 3. The summed E-state index contributed by atoms with van der Waals surface area (Å²) < 4.78 is 7.60. The number of likely N-dealkylation sites (N-methyl/N-ethyl adjacent to an activating group) is 1. The zero-order valence-electron chi connectivity index (χ0n) is 22.8. The lowest BCUT2D eigenvalue weighted by Gasteiger charge is -2.25. The summed E-state index contributed by atoms with van der Waals surface area (Å²) in [5, 5.41) is 0. The molecule has 7 nitrogen and oxygen atoms in total. The number of nitrogens with zero attached hydrogens (tertiary/aromatic N) is 3. The summed E-state index contributed by atoms with van der Waals surface area (Å²) in [5.41, 5.74) is 3.92. The monoisotopic (exact) mass is 581 g/mol. The molecule has 2 aliphatic rings. The average molecular weight is 582 g/mol. The standard InChI is InChI=1S/C32H27N3O4S2/c1-4-34-24-13-9-8-12-23(24)26(29(34)36)28-30(37)35-27(21-14-16-22(40-3)17-15-21)25(19(2)33-32(35)41-28)31(38)39-18-20-10-6-5-7-11-20/h5-17,27H,4,18H2,1-3H3. The number of ether oxygens (including phenoxy) is 1. The van der Waals surface area contributed by atoms with Crippen LogP contribution in [0.25, 0.3) is 5.57 Å². The number of hydrogen-bond acceptors (Lipinski definition) is 7. The van der Waals surface area contributed by atoms with E-state index in [9.17, 15) is 14.4 Å². The number of para-hydroxylation sites is 1. The molecule has 6 rings (SSSR count). The van der Waals surface area contributed by atoms with Gasteiger partial charge in [0.1, 0.15) is 11.1 Å². The molecule has 2 aliphatic heterocycles. The van der Waals surface area contributed by atoms with E-state index in [1.54, 1.807) is 23.6 Å². The molecule has 1 unspecified atom stereocenters. The van der Waals surface area contributed by atoms with Crippen LogP contribution in [0.3, 0.4) is 0 Å². The van der Waals surface area contributed by atoms with Crippen molar-refractivity contribution in [2.24, 2.45) is 4.99 Å². The Bertz CT molecular complexity index is 1890. The average Bonchev–Trinajstić information content (AvgIpc) is 3.47. The molecular formula is C32H27N3O4S2. The molecule has 1 aromatic heterocycles. The van der Waals surface area contributed by atoms with Crippen molar-refractivity contribution in [1.82, 2.24) is 4.57 Å². The second kappa shape index (κ2) is 11.0. The van der Waals surface area contributed by atoms with Crippen molar-refractivity contribution in [3.05, 3.63) is 127 Å². The molecule has 0 spiro atoms. The Morgan fingerprint density at radius 3 is 2.41 bits per heavy atom. The largest absolute Gasteiger partial charge is 0.457 e. The van der Waals surface area contributed by atoms with E-state index in [1.165, 1.54) is 15.9 Å². The van der Waals surface area contributed by atoms with Crippen molar-refractivity contribution in [3.8, 4) is 0 Å². The Balaban J connectivity index is 1.53. The number of amides is 1. The van der Waals surface area contributed by atoms with Crippen LogP contribution >= 0.6 is 23.1 Å². The number of carbonyl (C=O) groups excluding carboxylic acids is 2. The molecule has 0 saturated heterocycles. The van der Waals surface area contributed by atoms with Crippen molar-refractivity contribution < 1.29 is 14.3 Å². The van der Waals surface area contributed by atoms with Crippen LogP contribution in [0.1, 0.15) is 36.6 Å². The van der Waals surface area contributed by atoms with Crippen LogP contribution in [0.5, 0.6) is 0 Å². The Morgan fingerprint density at radius 2 is 1.71 bits per heavy atom. The lowest BCUT2D eigenvalue weighted by atomic mass is 9.96. The molecule has 0 bridgehead atoms. The smallest absolute Gasteiger partial charge is 0.338 e. The molecule has 1 atom stereocenters. The van der Waals surface area contributed by atoms with Gasteiger partial charge < -0.3 is 9.64 Å². The molecule has 3 aromatic carbocycles. The number of anilines is 1. The Kier molecular flexibility index (Phi) is 7.23. The topological polar surface area (TPSA) is 81.0 Å². The van der Waals surface area contributed by atoms with E-state index < -0.39 is 12.0 Å². The fraction of sp³-hybridized carbons (Fsp3) is 0.188. The van der Waals surface area contributed by atoms with Gasteiger partial charge in [-0.1, -0.05) is 72.0 Å². The zero-order valence-corrected chi connectivity index (χ0v) is 24.4. The van der Waals surface area contributed by atoms with Gasteiger partial charge in [0.05, 0.1) is 28.6 Å². The maximum absolute atomic E-state index is 14.3. The molecule has 1 amide bonds. The van der Waals surface area contributed by atoms with Crippen molar-refractivity contribution in [2.45, 2.75) is 31.4 Å². The number of fused-ring (bicyclic) bond motifs is 2. The van der Waals surface area contributed by atoms with Gasteiger partial charge in [0.2, 0.25) is 0 Å². The van der Waals surface area contributed by atoms with Gasteiger partial charge in [-0.3, -0.25) is 14.2 Å². The van der Waals surface area contributed by atoms with E-state index in [0.717, 1.165) is 27.3 Å². The Morgan fingerprint density at radius 1 is 1.00 bits per heavy atom. The fourth-order valence-electron chi connectivity index (χ4n) is 5.35. The minimum Gasteiger partial charge on any atom is -0.457 e. The molecule has 0 N–H and O–H groups in total.